The summed E-state index contributed by atoms with van der Waals surface area (Å²) in [6, 6.07) is -0.0559. The minimum Gasteiger partial charge on any atom is -0.341 e. The number of hydrogen-bond donors (Lipinski definition) is 1. The minimum atomic E-state index is -0.0559. The molecular weight excluding hydrogens is 238 g/mol. The molecule has 4 heteroatoms. The third-order valence-electron chi connectivity index (χ3n) is 3.78. The van der Waals surface area contributed by atoms with E-state index < -0.39 is 0 Å². The Kier molecular flexibility index (Phi) is 6.80. The lowest BCUT2D eigenvalue weighted by molar-refractivity contribution is -0.135. The number of hydrogen-bond acceptors (Lipinski definition) is 3. The summed E-state index contributed by atoms with van der Waals surface area (Å²) in [5.41, 5.74) is 0. The highest BCUT2D eigenvalue weighted by atomic mass is 16.2. The van der Waals surface area contributed by atoms with E-state index in [-0.39, 0.29) is 11.9 Å². The summed E-state index contributed by atoms with van der Waals surface area (Å²) in [6.45, 7) is 10.3. The second-order valence-corrected chi connectivity index (χ2v) is 6.52. The molecule has 0 saturated carbocycles. The highest BCUT2D eigenvalue weighted by Crippen LogP contribution is 2.21. The SMILES string of the molecule is C[C@@H]1C[C@@H](C)CN(C(=O)[C@@H](C)NCCCN(C)C)C1. The van der Waals surface area contributed by atoms with Crippen molar-refractivity contribution in [2.75, 3.05) is 40.3 Å². The number of carbonyl (C=O) groups is 1. The first-order chi connectivity index (χ1) is 8.90. The second kappa shape index (κ2) is 7.85. The first-order valence-electron chi connectivity index (χ1n) is 7.57. The first-order valence-corrected chi connectivity index (χ1v) is 7.57. The van der Waals surface area contributed by atoms with Crippen LogP contribution >= 0.6 is 0 Å². The van der Waals surface area contributed by atoms with E-state index in [1.807, 2.05) is 11.8 Å². The zero-order valence-electron chi connectivity index (χ0n) is 13.3. The number of piperidine rings is 1. The van der Waals surface area contributed by atoms with E-state index in [1.165, 1.54) is 6.42 Å². The Morgan fingerprint density at radius 3 is 2.42 bits per heavy atom. The molecule has 19 heavy (non-hydrogen) atoms. The van der Waals surface area contributed by atoms with Gasteiger partial charge in [0.25, 0.3) is 0 Å². The van der Waals surface area contributed by atoms with Crippen LogP contribution in [0.2, 0.25) is 0 Å². The highest BCUT2D eigenvalue weighted by molar-refractivity contribution is 5.81. The molecule has 1 amide bonds. The largest absolute Gasteiger partial charge is 0.341 e. The fraction of sp³-hybridized carbons (Fsp3) is 0.933. The topological polar surface area (TPSA) is 35.6 Å². The minimum absolute atomic E-state index is 0.0559. The van der Waals surface area contributed by atoms with E-state index in [4.69, 9.17) is 0 Å². The van der Waals surface area contributed by atoms with E-state index >= 15 is 0 Å². The van der Waals surface area contributed by atoms with Crippen LogP contribution in [0, 0.1) is 11.8 Å². The predicted molar refractivity (Wildman–Crippen MR) is 80.2 cm³/mol. The molecule has 0 aromatic heterocycles. The van der Waals surface area contributed by atoms with Gasteiger partial charge in [0.15, 0.2) is 0 Å². The van der Waals surface area contributed by atoms with Crippen molar-refractivity contribution in [1.29, 1.82) is 0 Å². The fourth-order valence-electron chi connectivity index (χ4n) is 2.92. The molecule has 1 saturated heterocycles. The molecule has 0 bridgehead atoms. The zero-order valence-corrected chi connectivity index (χ0v) is 13.3. The van der Waals surface area contributed by atoms with Gasteiger partial charge in [0.05, 0.1) is 6.04 Å². The third-order valence-corrected chi connectivity index (χ3v) is 3.78. The number of nitrogens with zero attached hydrogens (tertiary/aromatic N) is 2. The molecule has 0 unspecified atom stereocenters. The Labute approximate surface area is 118 Å². The molecule has 0 aromatic carbocycles. The van der Waals surface area contributed by atoms with Crippen molar-refractivity contribution >= 4 is 5.91 Å². The summed E-state index contributed by atoms with van der Waals surface area (Å²) in [5.74, 6) is 1.53. The Hall–Kier alpha value is -0.610. The summed E-state index contributed by atoms with van der Waals surface area (Å²) in [6.07, 6.45) is 2.33. The van der Waals surface area contributed by atoms with Crippen LogP contribution in [0.4, 0.5) is 0 Å². The van der Waals surface area contributed by atoms with Gasteiger partial charge in [-0.05, 0) is 58.8 Å². The van der Waals surface area contributed by atoms with Gasteiger partial charge in [-0.25, -0.2) is 0 Å². The molecule has 0 spiro atoms. The molecule has 1 aliphatic rings. The van der Waals surface area contributed by atoms with E-state index in [0.717, 1.165) is 32.6 Å². The lowest BCUT2D eigenvalue weighted by Gasteiger charge is -2.36. The molecule has 1 heterocycles. The molecule has 1 rings (SSSR count). The van der Waals surface area contributed by atoms with E-state index in [9.17, 15) is 4.79 Å². The molecule has 0 aromatic rings. The summed E-state index contributed by atoms with van der Waals surface area (Å²) in [4.78, 5) is 16.6. The maximum Gasteiger partial charge on any atom is 0.239 e. The number of likely N-dealkylation sites (tertiary alicyclic amines) is 1. The first kappa shape index (κ1) is 16.4. The van der Waals surface area contributed by atoms with Crippen molar-refractivity contribution < 1.29 is 4.79 Å². The summed E-state index contributed by atoms with van der Waals surface area (Å²) < 4.78 is 0. The van der Waals surface area contributed by atoms with Crippen LogP contribution in [0.3, 0.4) is 0 Å². The van der Waals surface area contributed by atoms with Crippen LogP contribution in [0.15, 0.2) is 0 Å². The fourth-order valence-corrected chi connectivity index (χ4v) is 2.92. The molecule has 1 aliphatic heterocycles. The summed E-state index contributed by atoms with van der Waals surface area (Å²) in [7, 11) is 4.15. The number of carbonyl (C=O) groups excluding carboxylic acids is 1. The van der Waals surface area contributed by atoms with Crippen molar-refractivity contribution in [3.8, 4) is 0 Å². The molecule has 1 N–H and O–H groups in total. The Bertz CT molecular complexity index is 271. The van der Waals surface area contributed by atoms with Gasteiger partial charge < -0.3 is 15.1 Å². The normalized spacial score (nSPS) is 25.7. The average Bonchev–Trinajstić information content (AvgIpc) is 2.32. The number of nitrogens with one attached hydrogen (secondary N) is 1. The summed E-state index contributed by atoms with van der Waals surface area (Å²) in [5, 5.41) is 3.35. The summed E-state index contributed by atoms with van der Waals surface area (Å²) >= 11 is 0. The van der Waals surface area contributed by atoms with Crippen LogP contribution in [-0.4, -0.2) is 62.0 Å². The molecule has 0 aliphatic carbocycles. The molecular formula is C15H31N3O. The smallest absolute Gasteiger partial charge is 0.239 e. The van der Waals surface area contributed by atoms with E-state index in [1.54, 1.807) is 0 Å². The van der Waals surface area contributed by atoms with Crippen LogP contribution in [0.5, 0.6) is 0 Å². The van der Waals surface area contributed by atoms with Crippen LogP contribution in [-0.2, 0) is 4.79 Å². The molecule has 0 radical (unpaired) electrons. The van der Waals surface area contributed by atoms with Gasteiger partial charge in [-0.1, -0.05) is 13.8 Å². The van der Waals surface area contributed by atoms with Crippen LogP contribution in [0.1, 0.15) is 33.6 Å². The van der Waals surface area contributed by atoms with Crippen molar-refractivity contribution in [2.24, 2.45) is 11.8 Å². The van der Waals surface area contributed by atoms with Crippen molar-refractivity contribution in [3.05, 3.63) is 0 Å². The van der Waals surface area contributed by atoms with E-state index in [2.05, 4.69) is 38.2 Å². The molecule has 3 atom stereocenters. The second-order valence-electron chi connectivity index (χ2n) is 6.52. The predicted octanol–water partition coefficient (Wildman–Crippen LogP) is 1.42. The van der Waals surface area contributed by atoms with Gasteiger partial charge >= 0.3 is 0 Å². The third kappa shape index (κ3) is 5.91. The number of rotatable bonds is 6. The lowest BCUT2D eigenvalue weighted by atomic mass is 9.91. The van der Waals surface area contributed by atoms with Gasteiger partial charge in [-0.3, -0.25) is 4.79 Å². The van der Waals surface area contributed by atoms with Crippen LogP contribution in [0.25, 0.3) is 0 Å². The van der Waals surface area contributed by atoms with Crippen molar-refractivity contribution in [1.82, 2.24) is 15.1 Å². The Morgan fingerprint density at radius 1 is 1.32 bits per heavy atom. The monoisotopic (exact) mass is 269 g/mol. The maximum absolute atomic E-state index is 12.4. The maximum atomic E-state index is 12.4. The van der Waals surface area contributed by atoms with Gasteiger partial charge in [-0.2, -0.15) is 0 Å². The van der Waals surface area contributed by atoms with Gasteiger partial charge in [0.2, 0.25) is 5.91 Å². The van der Waals surface area contributed by atoms with Gasteiger partial charge in [-0.15, -0.1) is 0 Å². The van der Waals surface area contributed by atoms with Crippen molar-refractivity contribution in [2.45, 2.75) is 39.7 Å². The van der Waals surface area contributed by atoms with Gasteiger partial charge in [0, 0.05) is 13.1 Å². The van der Waals surface area contributed by atoms with E-state index in [0.29, 0.717) is 11.8 Å². The highest BCUT2D eigenvalue weighted by Gasteiger charge is 2.27. The average molecular weight is 269 g/mol. The molecule has 1 fully saturated rings. The van der Waals surface area contributed by atoms with Gasteiger partial charge in [0.1, 0.15) is 0 Å². The molecule has 4 nitrogen and oxygen atoms in total. The standard InChI is InChI=1S/C15H31N3O/c1-12-9-13(2)11-18(10-12)15(19)14(3)16-7-6-8-17(4)5/h12-14,16H,6-11H2,1-5H3/t12-,13-,14-/m1/s1. The molecule has 112 valence electrons. The Morgan fingerprint density at radius 2 is 1.89 bits per heavy atom. The number of amides is 1. The zero-order chi connectivity index (χ0) is 14.4. The quantitative estimate of drug-likeness (QED) is 0.741. The lowest BCUT2D eigenvalue weighted by Crippen LogP contribution is -2.50. The Balaban J connectivity index is 2.31. The van der Waals surface area contributed by atoms with Crippen molar-refractivity contribution in [3.63, 3.8) is 0 Å². The van der Waals surface area contributed by atoms with Crippen LogP contribution < -0.4 is 5.32 Å².